The van der Waals surface area contributed by atoms with Crippen LogP contribution in [0.1, 0.15) is 10.4 Å². The third-order valence-electron chi connectivity index (χ3n) is 3.38. The lowest BCUT2D eigenvalue weighted by molar-refractivity contribution is 0.174. The number of rotatable bonds is 6. The van der Waals surface area contributed by atoms with Crippen LogP contribution >= 0.6 is 35.3 Å². The Morgan fingerprint density at radius 3 is 2.91 bits per heavy atom. The highest BCUT2D eigenvalue weighted by Crippen LogP contribution is 2.32. The van der Waals surface area contributed by atoms with Crippen molar-refractivity contribution in [1.82, 2.24) is 5.32 Å². The number of guanidine groups is 1. The zero-order valence-electron chi connectivity index (χ0n) is 12.7. The summed E-state index contributed by atoms with van der Waals surface area (Å²) in [7, 11) is 0. The van der Waals surface area contributed by atoms with Gasteiger partial charge in [-0.1, -0.05) is 12.1 Å². The van der Waals surface area contributed by atoms with E-state index in [2.05, 4.69) is 27.8 Å². The summed E-state index contributed by atoms with van der Waals surface area (Å²) in [6.45, 7) is 1.76. The van der Waals surface area contributed by atoms with Crippen LogP contribution in [0.4, 0.5) is 0 Å². The summed E-state index contributed by atoms with van der Waals surface area (Å²) in [5, 5.41) is 5.21. The van der Waals surface area contributed by atoms with E-state index in [1.54, 1.807) is 11.3 Å². The van der Waals surface area contributed by atoms with Crippen LogP contribution in [0.5, 0.6) is 11.5 Å². The Morgan fingerprint density at radius 1 is 1.22 bits per heavy atom. The Balaban J connectivity index is 0.00000192. The number of nitrogens with one attached hydrogen (secondary N) is 1. The Bertz CT molecular complexity index is 647. The number of thiophene rings is 1. The molecule has 5 nitrogen and oxygen atoms in total. The second kappa shape index (κ2) is 8.97. The zero-order valence-corrected chi connectivity index (χ0v) is 15.8. The molecular weight excluding hydrogens is 425 g/mol. The van der Waals surface area contributed by atoms with E-state index in [4.69, 9.17) is 15.2 Å². The molecular formula is C16H20IN3O2S. The highest BCUT2D eigenvalue weighted by molar-refractivity contribution is 14.0. The lowest BCUT2D eigenvalue weighted by Crippen LogP contribution is -2.33. The molecule has 0 fully saturated rings. The average Bonchev–Trinajstić information content (AvgIpc) is 3.17. The fourth-order valence-electron chi connectivity index (χ4n) is 2.23. The monoisotopic (exact) mass is 445 g/mol. The molecule has 0 unspecified atom stereocenters. The van der Waals surface area contributed by atoms with Gasteiger partial charge in [0.1, 0.15) is 0 Å². The first-order chi connectivity index (χ1) is 10.8. The fourth-order valence-corrected chi connectivity index (χ4v) is 2.93. The first-order valence-electron chi connectivity index (χ1n) is 7.26. The van der Waals surface area contributed by atoms with E-state index in [9.17, 15) is 0 Å². The molecule has 0 aliphatic carbocycles. The van der Waals surface area contributed by atoms with Gasteiger partial charge in [-0.3, -0.25) is 4.99 Å². The van der Waals surface area contributed by atoms with Crippen molar-refractivity contribution in [3.05, 3.63) is 46.2 Å². The van der Waals surface area contributed by atoms with Crippen LogP contribution in [-0.2, 0) is 12.8 Å². The summed E-state index contributed by atoms with van der Waals surface area (Å²) in [5.41, 5.74) is 7.05. The van der Waals surface area contributed by atoms with Gasteiger partial charge in [0.25, 0.3) is 0 Å². The number of benzene rings is 1. The molecule has 124 valence electrons. The number of hydrogen-bond acceptors (Lipinski definition) is 4. The van der Waals surface area contributed by atoms with E-state index in [1.165, 1.54) is 10.4 Å². The lowest BCUT2D eigenvalue weighted by atomic mass is 10.1. The molecule has 1 aromatic heterocycles. The number of halogens is 1. The Kier molecular flexibility index (Phi) is 6.97. The largest absolute Gasteiger partial charge is 0.454 e. The number of ether oxygens (including phenoxy) is 2. The molecule has 3 rings (SSSR count). The smallest absolute Gasteiger partial charge is 0.231 e. The molecule has 0 amide bonds. The maximum Gasteiger partial charge on any atom is 0.231 e. The van der Waals surface area contributed by atoms with Gasteiger partial charge in [-0.2, -0.15) is 0 Å². The molecule has 3 N–H and O–H groups in total. The van der Waals surface area contributed by atoms with Crippen molar-refractivity contribution in [2.75, 3.05) is 19.9 Å². The zero-order chi connectivity index (χ0) is 15.2. The third kappa shape index (κ3) is 5.28. The highest BCUT2D eigenvalue weighted by Gasteiger charge is 2.12. The van der Waals surface area contributed by atoms with Crippen LogP contribution in [0.2, 0.25) is 0 Å². The van der Waals surface area contributed by atoms with Crippen LogP contribution in [0.25, 0.3) is 0 Å². The molecule has 1 aromatic carbocycles. The van der Waals surface area contributed by atoms with E-state index in [1.807, 2.05) is 18.2 Å². The minimum absolute atomic E-state index is 0. The van der Waals surface area contributed by atoms with Gasteiger partial charge in [0, 0.05) is 24.4 Å². The molecule has 1 aliphatic heterocycles. The molecule has 0 saturated carbocycles. The summed E-state index contributed by atoms with van der Waals surface area (Å²) in [5.74, 6) is 2.12. The minimum atomic E-state index is 0. The van der Waals surface area contributed by atoms with Crippen molar-refractivity contribution in [3.63, 3.8) is 0 Å². The fraction of sp³-hybridized carbons (Fsp3) is 0.312. The summed E-state index contributed by atoms with van der Waals surface area (Å²) in [6.07, 6.45) is 1.79. The van der Waals surface area contributed by atoms with E-state index in [0.29, 0.717) is 19.3 Å². The van der Waals surface area contributed by atoms with Gasteiger partial charge in [-0.25, -0.2) is 0 Å². The van der Waals surface area contributed by atoms with Crippen molar-refractivity contribution in [3.8, 4) is 11.5 Å². The maximum absolute atomic E-state index is 5.87. The van der Waals surface area contributed by atoms with Crippen LogP contribution in [-0.4, -0.2) is 25.8 Å². The first kappa shape index (κ1) is 17.9. The molecule has 0 saturated heterocycles. The second-order valence-corrected chi connectivity index (χ2v) is 5.99. The Morgan fingerprint density at radius 2 is 2.09 bits per heavy atom. The van der Waals surface area contributed by atoms with Gasteiger partial charge in [-0.15, -0.1) is 35.3 Å². The van der Waals surface area contributed by atoms with Gasteiger partial charge in [0.15, 0.2) is 17.5 Å². The molecule has 1 aliphatic rings. The van der Waals surface area contributed by atoms with Gasteiger partial charge < -0.3 is 20.5 Å². The van der Waals surface area contributed by atoms with Crippen molar-refractivity contribution >= 4 is 41.3 Å². The molecule has 0 atom stereocenters. The van der Waals surface area contributed by atoms with Gasteiger partial charge in [0.05, 0.1) is 0 Å². The number of nitrogens with zero attached hydrogens (tertiary/aromatic N) is 1. The Hall–Kier alpha value is -1.48. The molecule has 0 radical (unpaired) electrons. The highest BCUT2D eigenvalue weighted by atomic mass is 127. The number of aliphatic imine (C=N–C) groups is 1. The summed E-state index contributed by atoms with van der Waals surface area (Å²) in [4.78, 5) is 5.66. The van der Waals surface area contributed by atoms with Crippen LogP contribution in [0.15, 0.2) is 40.7 Å². The van der Waals surface area contributed by atoms with Crippen LogP contribution in [0, 0.1) is 0 Å². The predicted molar refractivity (Wildman–Crippen MR) is 104 cm³/mol. The van der Waals surface area contributed by atoms with E-state index < -0.39 is 0 Å². The number of hydrogen-bond donors (Lipinski definition) is 2. The van der Waals surface area contributed by atoms with E-state index in [-0.39, 0.29) is 24.0 Å². The van der Waals surface area contributed by atoms with Crippen molar-refractivity contribution in [2.24, 2.45) is 10.7 Å². The average molecular weight is 445 g/mol. The van der Waals surface area contributed by atoms with Gasteiger partial charge in [0.2, 0.25) is 6.79 Å². The summed E-state index contributed by atoms with van der Waals surface area (Å²) >= 11 is 1.75. The molecule has 0 bridgehead atoms. The molecule has 2 aromatic rings. The number of nitrogens with two attached hydrogens (primary N) is 1. The van der Waals surface area contributed by atoms with Crippen LogP contribution < -0.4 is 20.5 Å². The predicted octanol–water partition coefficient (Wildman–Crippen LogP) is 2.78. The topological polar surface area (TPSA) is 68.9 Å². The van der Waals surface area contributed by atoms with E-state index >= 15 is 0 Å². The number of fused-ring (bicyclic) bond motifs is 1. The lowest BCUT2D eigenvalue weighted by Gasteiger charge is -2.06. The van der Waals surface area contributed by atoms with Crippen molar-refractivity contribution in [2.45, 2.75) is 12.8 Å². The van der Waals surface area contributed by atoms with Crippen LogP contribution in [0.3, 0.4) is 0 Å². The summed E-state index contributed by atoms with van der Waals surface area (Å²) in [6, 6.07) is 10.2. The van der Waals surface area contributed by atoms with E-state index in [0.717, 1.165) is 30.9 Å². The molecule has 0 spiro atoms. The molecule has 2 heterocycles. The quantitative estimate of drug-likeness (QED) is 0.408. The second-order valence-electron chi connectivity index (χ2n) is 4.96. The third-order valence-corrected chi connectivity index (χ3v) is 4.31. The molecule has 23 heavy (non-hydrogen) atoms. The van der Waals surface area contributed by atoms with Gasteiger partial charge in [-0.05, 0) is 35.6 Å². The van der Waals surface area contributed by atoms with Crippen molar-refractivity contribution in [1.29, 1.82) is 0 Å². The molecule has 7 heteroatoms. The first-order valence-corrected chi connectivity index (χ1v) is 8.14. The summed E-state index contributed by atoms with van der Waals surface area (Å²) < 4.78 is 10.7. The standard InChI is InChI=1S/C16H19N3O2S.HI/c17-16(19-8-6-13-2-1-9-22-13)18-7-5-12-3-4-14-15(10-12)21-11-20-14;/h1-4,9-10H,5-8,11H2,(H3,17,18,19);1H. The van der Waals surface area contributed by atoms with Crippen molar-refractivity contribution < 1.29 is 9.47 Å². The normalized spacial score (nSPS) is 12.8. The SMILES string of the molecule is I.NC(=NCCc1cccs1)NCCc1ccc2c(c1)OCO2. The minimum Gasteiger partial charge on any atom is -0.454 e. The van der Waals surface area contributed by atoms with Gasteiger partial charge >= 0.3 is 0 Å². The maximum atomic E-state index is 5.87. The Labute approximate surface area is 156 Å².